The number of carbonyl (C=O) groups is 2. The first-order valence-corrected chi connectivity index (χ1v) is 14.6. The van der Waals surface area contributed by atoms with Gasteiger partial charge >= 0.3 is 0 Å². The number of rotatable bonds is 8. The smallest absolute Gasteiger partial charge is 0.258 e. The summed E-state index contributed by atoms with van der Waals surface area (Å²) in [6.07, 6.45) is 1.88. The highest BCUT2D eigenvalue weighted by molar-refractivity contribution is 7.10. The fraction of sp³-hybridized carbons (Fsp3) is 0.344. The Balaban J connectivity index is 1.45. The summed E-state index contributed by atoms with van der Waals surface area (Å²) >= 11 is 1.74. The van der Waals surface area contributed by atoms with Crippen molar-refractivity contribution >= 4 is 45.3 Å². The zero-order valence-corrected chi connectivity index (χ0v) is 24.6. The molecule has 0 unspecified atom stereocenters. The molecule has 0 fully saturated rings. The molecule has 0 radical (unpaired) electrons. The lowest BCUT2D eigenvalue weighted by Gasteiger charge is -2.27. The predicted octanol–water partition coefficient (Wildman–Crippen LogP) is 5.43. The number of hydrogen-bond donors (Lipinski definition) is 0. The van der Waals surface area contributed by atoms with Gasteiger partial charge in [0.15, 0.2) is 0 Å². The van der Waals surface area contributed by atoms with Gasteiger partial charge in [-0.25, -0.2) is 0 Å². The van der Waals surface area contributed by atoms with E-state index >= 15 is 0 Å². The van der Waals surface area contributed by atoms with Crippen molar-refractivity contribution < 1.29 is 9.59 Å². The molecule has 208 valence electrons. The fourth-order valence-electron chi connectivity index (χ4n) is 5.44. The summed E-state index contributed by atoms with van der Waals surface area (Å²) in [5, 5.41) is 3.78. The van der Waals surface area contributed by atoms with Gasteiger partial charge in [-0.1, -0.05) is 24.3 Å². The van der Waals surface area contributed by atoms with Crippen LogP contribution >= 0.6 is 11.3 Å². The minimum atomic E-state index is -1.14. The van der Waals surface area contributed by atoms with Crippen molar-refractivity contribution in [3.63, 3.8) is 0 Å². The SMILES string of the molecule is CCN1C(=O)C(C)(C)C(=O)N(C)c2cc(CN(CCn3ccc4ccccc4c3=O)Cc3sccc3C)ccc21. The summed E-state index contributed by atoms with van der Waals surface area (Å²) in [7, 11) is 1.75. The highest BCUT2D eigenvalue weighted by Crippen LogP contribution is 2.39. The molecule has 0 spiro atoms. The van der Waals surface area contributed by atoms with Gasteiger partial charge in [0.2, 0.25) is 11.8 Å². The minimum Gasteiger partial charge on any atom is -0.314 e. The molecule has 2 amide bonds. The number of benzene rings is 2. The molecule has 7 nitrogen and oxygen atoms in total. The number of aromatic nitrogens is 1. The van der Waals surface area contributed by atoms with Crippen molar-refractivity contribution in [1.82, 2.24) is 9.47 Å². The van der Waals surface area contributed by atoms with Crippen molar-refractivity contribution in [3.05, 3.63) is 92.5 Å². The molecule has 4 aromatic rings. The van der Waals surface area contributed by atoms with E-state index in [9.17, 15) is 14.4 Å². The second kappa shape index (κ2) is 11.0. The number of carbonyl (C=O) groups excluding carboxylic acids is 2. The standard InChI is InChI=1S/C32H36N4O3S/c1-6-36-26-12-11-23(19-27(26)33(5)30(38)32(3,4)31(36)39)20-34(21-28-22(2)14-18-40-28)16-17-35-15-13-24-9-7-8-10-25(24)29(35)37/h7-15,18-19H,6,16-17,20-21H2,1-5H3. The molecule has 0 atom stereocenters. The van der Waals surface area contributed by atoms with E-state index in [2.05, 4.69) is 23.3 Å². The van der Waals surface area contributed by atoms with Gasteiger partial charge in [-0.15, -0.1) is 11.3 Å². The van der Waals surface area contributed by atoms with E-state index in [-0.39, 0.29) is 17.4 Å². The van der Waals surface area contributed by atoms with E-state index in [0.717, 1.165) is 34.3 Å². The lowest BCUT2D eigenvalue weighted by molar-refractivity contribution is -0.137. The van der Waals surface area contributed by atoms with E-state index in [1.54, 1.807) is 46.6 Å². The van der Waals surface area contributed by atoms with Crippen LogP contribution in [0.4, 0.5) is 11.4 Å². The van der Waals surface area contributed by atoms with Crippen LogP contribution < -0.4 is 15.4 Å². The van der Waals surface area contributed by atoms with E-state index < -0.39 is 5.41 Å². The minimum absolute atomic E-state index is 0.0162. The second-order valence-electron chi connectivity index (χ2n) is 11.0. The Kier molecular flexibility index (Phi) is 7.66. The van der Waals surface area contributed by atoms with Crippen LogP contribution in [0.3, 0.4) is 0 Å². The third kappa shape index (κ3) is 5.09. The normalized spacial score (nSPS) is 15.2. The molecule has 2 aromatic heterocycles. The zero-order valence-electron chi connectivity index (χ0n) is 23.8. The molecule has 0 bridgehead atoms. The Hall–Kier alpha value is -3.75. The zero-order chi connectivity index (χ0) is 28.6. The summed E-state index contributed by atoms with van der Waals surface area (Å²) in [5.41, 5.74) is 2.66. The van der Waals surface area contributed by atoms with E-state index in [1.165, 1.54) is 10.4 Å². The Bertz CT molecular complexity index is 1640. The molecule has 0 saturated heterocycles. The maximum atomic E-state index is 13.3. The van der Waals surface area contributed by atoms with Crippen LogP contribution in [0, 0.1) is 12.3 Å². The average molecular weight is 557 g/mol. The van der Waals surface area contributed by atoms with Crippen molar-refractivity contribution in [2.75, 3.05) is 29.9 Å². The van der Waals surface area contributed by atoms with E-state index in [4.69, 9.17) is 0 Å². The highest BCUT2D eigenvalue weighted by atomic mass is 32.1. The van der Waals surface area contributed by atoms with Crippen LogP contribution in [0.15, 0.2) is 71.0 Å². The number of amides is 2. The second-order valence-corrected chi connectivity index (χ2v) is 12.0. The fourth-order valence-corrected chi connectivity index (χ4v) is 6.39. The lowest BCUT2D eigenvalue weighted by Crippen LogP contribution is -2.47. The Morgan fingerprint density at radius 2 is 1.70 bits per heavy atom. The summed E-state index contributed by atoms with van der Waals surface area (Å²) in [4.78, 5) is 46.7. The molecule has 5 rings (SSSR count). The van der Waals surface area contributed by atoms with Crippen molar-refractivity contribution in [2.24, 2.45) is 5.41 Å². The predicted molar refractivity (Wildman–Crippen MR) is 163 cm³/mol. The molecular formula is C32H36N4O3S. The largest absolute Gasteiger partial charge is 0.314 e. The highest BCUT2D eigenvalue weighted by Gasteiger charge is 2.45. The van der Waals surface area contributed by atoms with Crippen molar-refractivity contribution in [1.29, 1.82) is 0 Å². The van der Waals surface area contributed by atoms with E-state index in [0.29, 0.717) is 26.2 Å². The number of fused-ring (bicyclic) bond motifs is 2. The summed E-state index contributed by atoms with van der Waals surface area (Å²) in [6.45, 7) is 10.6. The summed E-state index contributed by atoms with van der Waals surface area (Å²) in [5.74, 6) is -0.400. The van der Waals surface area contributed by atoms with Gasteiger partial charge in [0.1, 0.15) is 5.41 Å². The first kappa shape index (κ1) is 27.8. The molecule has 1 aliphatic heterocycles. The van der Waals surface area contributed by atoms with Gasteiger partial charge in [-0.2, -0.15) is 0 Å². The average Bonchev–Trinajstić information content (AvgIpc) is 3.34. The van der Waals surface area contributed by atoms with Gasteiger partial charge in [0.25, 0.3) is 5.56 Å². The Labute approximate surface area is 239 Å². The molecule has 40 heavy (non-hydrogen) atoms. The topological polar surface area (TPSA) is 65.9 Å². The number of aryl methyl sites for hydroxylation is 1. The van der Waals surface area contributed by atoms with Crippen LogP contribution in [-0.4, -0.2) is 41.4 Å². The summed E-state index contributed by atoms with van der Waals surface area (Å²) in [6, 6.07) is 17.8. The van der Waals surface area contributed by atoms with E-state index in [1.807, 2.05) is 61.7 Å². The van der Waals surface area contributed by atoms with Gasteiger partial charge in [0, 0.05) is 56.2 Å². The van der Waals surface area contributed by atoms with Crippen LogP contribution in [0.5, 0.6) is 0 Å². The van der Waals surface area contributed by atoms with Gasteiger partial charge < -0.3 is 14.4 Å². The molecule has 0 aliphatic carbocycles. The maximum absolute atomic E-state index is 13.3. The number of nitrogens with zero attached hydrogens (tertiary/aromatic N) is 4. The van der Waals surface area contributed by atoms with Gasteiger partial charge in [-0.05, 0) is 79.9 Å². The number of pyridine rings is 1. The third-order valence-corrected chi connectivity index (χ3v) is 8.92. The molecule has 0 saturated carbocycles. The molecule has 3 heterocycles. The van der Waals surface area contributed by atoms with Crippen LogP contribution in [-0.2, 0) is 29.2 Å². The maximum Gasteiger partial charge on any atom is 0.258 e. The molecule has 8 heteroatoms. The van der Waals surface area contributed by atoms with Crippen molar-refractivity contribution in [3.8, 4) is 0 Å². The summed E-state index contributed by atoms with van der Waals surface area (Å²) < 4.78 is 1.78. The molecule has 0 N–H and O–H groups in total. The molecule has 2 aromatic carbocycles. The number of anilines is 2. The molecular weight excluding hydrogens is 520 g/mol. The Morgan fingerprint density at radius 3 is 2.42 bits per heavy atom. The quantitative estimate of drug-likeness (QED) is 0.272. The molecule has 1 aliphatic rings. The first-order chi connectivity index (χ1) is 19.1. The third-order valence-electron chi connectivity index (χ3n) is 7.91. The Morgan fingerprint density at radius 1 is 0.925 bits per heavy atom. The van der Waals surface area contributed by atoms with Gasteiger partial charge in [-0.3, -0.25) is 19.3 Å². The lowest BCUT2D eigenvalue weighted by atomic mass is 9.90. The van der Waals surface area contributed by atoms with Gasteiger partial charge in [0.05, 0.1) is 11.4 Å². The van der Waals surface area contributed by atoms with Crippen LogP contribution in [0.25, 0.3) is 10.8 Å². The monoisotopic (exact) mass is 556 g/mol. The van der Waals surface area contributed by atoms with Crippen LogP contribution in [0.1, 0.15) is 36.8 Å². The van der Waals surface area contributed by atoms with Crippen LogP contribution in [0.2, 0.25) is 0 Å². The van der Waals surface area contributed by atoms with Crippen molar-refractivity contribution in [2.45, 2.75) is 47.3 Å². The first-order valence-electron chi connectivity index (χ1n) is 13.7. The number of hydrogen-bond acceptors (Lipinski definition) is 5. The number of thiophene rings is 1.